The third kappa shape index (κ3) is 5.00. The molecule has 116 valence electrons. The molecule has 1 rings (SSSR count). The first-order valence-electron chi connectivity index (χ1n) is 7.58. The van der Waals surface area contributed by atoms with Crippen molar-refractivity contribution in [2.24, 2.45) is 5.92 Å². The van der Waals surface area contributed by atoms with E-state index in [0.717, 1.165) is 38.9 Å². The molecule has 1 heterocycles. The standard InChI is InChI=1S/C14H27N3O3/c1-3-9-17(12-5-7-15-8-6-12)14(20)16-10-11(4-2)13(18)19/h11-12,15H,3-10H2,1-2H3,(H,16,20)(H,18,19). The summed E-state index contributed by atoms with van der Waals surface area (Å²) >= 11 is 0. The minimum Gasteiger partial charge on any atom is -0.481 e. The Hall–Kier alpha value is -1.30. The number of piperidine rings is 1. The first-order valence-corrected chi connectivity index (χ1v) is 7.58. The Morgan fingerprint density at radius 2 is 2.00 bits per heavy atom. The number of rotatable bonds is 7. The van der Waals surface area contributed by atoms with E-state index < -0.39 is 11.9 Å². The fourth-order valence-electron chi connectivity index (χ4n) is 2.53. The third-order valence-corrected chi connectivity index (χ3v) is 3.82. The SMILES string of the molecule is CCCN(C(=O)NCC(CC)C(=O)O)C1CCNCC1. The number of carbonyl (C=O) groups is 2. The molecule has 0 radical (unpaired) electrons. The zero-order valence-corrected chi connectivity index (χ0v) is 12.5. The van der Waals surface area contributed by atoms with E-state index in [1.54, 1.807) is 0 Å². The summed E-state index contributed by atoms with van der Waals surface area (Å²) in [6, 6.07) is 0.138. The average molecular weight is 285 g/mol. The van der Waals surface area contributed by atoms with Crippen LogP contribution in [0.2, 0.25) is 0 Å². The molecule has 1 fully saturated rings. The van der Waals surface area contributed by atoms with Crippen LogP contribution in [0.1, 0.15) is 39.5 Å². The van der Waals surface area contributed by atoms with Gasteiger partial charge in [-0.2, -0.15) is 0 Å². The van der Waals surface area contributed by atoms with Crippen LogP contribution in [-0.4, -0.2) is 54.2 Å². The predicted molar refractivity (Wildman–Crippen MR) is 77.7 cm³/mol. The number of hydrogen-bond acceptors (Lipinski definition) is 3. The molecule has 1 saturated heterocycles. The van der Waals surface area contributed by atoms with Gasteiger partial charge < -0.3 is 20.6 Å². The summed E-state index contributed by atoms with van der Waals surface area (Å²) in [5.41, 5.74) is 0. The highest BCUT2D eigenvalue weighted by Gasteiger charge is 2.25. The van der Waals surface area contributed by atoms with Crippen LogP contribution in [0.25, 0.3) is 0 Å². The minimum atomic E-state index is -0.850. The van der Waals surface area contributed by atoms with Crippen molar-refractivity contribution in [3.05, 3.63) is 0 Å². The second kappa shape index (κ2) is 8.79. The number of nitrogens with one attached hydrogen (secondary N) is 2. The maximum Gasteiger partial charge on any atom is 0.317 e. The molecular formula is C14H27N3O3. The Morgan fingerprint density at radius 3 is 2.50 bits per heavy atom. The highest BCUT2D eigenvalue weighted by molar-refractivity contribution is 5.76. The highest BCUT2D eigenvalue weighted by Crippen LogP contribution is 2.13. The summed E-state index contributed by atoms with van der Waals surface area (Å²) in [7, 11) is 0. The lowest BCUT2D eigenvalue weighted by atomic mass is 10.0. The van der Waals surface area contributed by atoms with E-state index in [9.17, 15) is 9.59 Å². The molecule has 0 aliphatic carbocycles. The van der Waals surface area contributed by atoms with Crippen LogP contribution in [-0.2, 0) is 4.79 Å². The smallest absolute Gasteiger partial charge is 0.317 e. The zero-order valence-electron chi connectivity index (χ0n) is 12.5. The minimum absolute atomic E-state index is 0.126. The topological polar surface area (TPSA) is 81.7 Å². The van der Waals surface area contributed by atoms with E-state index in [1.165, 1.54) is 0 Å². The molecule has 1 atom stereocenters. The van der Waals surface area contributed by atoms with Crippen LogP contribution in [0.4, 0.5) is 4.79 Å². The third-order valence-electron chi connectivity index (χ3n) is 3.82. The zero-order chi connectivity index (χ0) is 15.0. The van der Waals surface area contributed by atoms with Crippen molar-refractivity contribution in [3.63, 3.8) is 0 Å². The first-order chi connectivity index (χ1) is 9.60. The molecule has 1 unspecified atom stereocenters. The summed E-state index contributed by atoms with van der Waals surface area (Å²) in [5, 5.41) is 15.1. The van der Waals surface area contributed by atoms with Gasteiger partial charge in [-0.25, -0.2) is 4.79 Å². The fourth-order valence-corrected chi connectivity index (χ4v) is 2.53. The van der Waals surface area contributed by atoms with Gasteiger partial charge in [0.25, 0.3) is 0 Å². The molecule has 6 nitrogen and oxygen atoms in total. The number of carboxylic acid groups (broad SMARTS) is 1. The highest BCUT2D eigenvalue weighted by atomic mass is 16.4. The van der Waals surface area contributed by atoms with E-state index in [2.05, 4.69) is 10.6 Å². The van der Waals surface area contributed by atoms with Crippen molar-refractivity contribution in [1.82, 2.24) is 15.5 Å². The van der Waals surface area contributed by atoms with Gasteiger partial charge in [0.1, 0.15) is 0 Å². The molecule has 6 heteroatoms. The van der Waals surface area contributed by atoms with Crippen LogP contribution < -0.4 is 10.6 Å². The van der Waals surface area contributed by atoms with Gasteiger partial charge in [0.05, 0.1) is 5.92 Å². The molecule has 0 aromatic carbocycles. The number of hydrogen-bond donors (Lipinski definition) is 3. The van der Waals surface area contributed by atoms with Crippen LogP contribution >= 0.6 is 0 Å². The summed E-state index contributed by atoms with van der Waals surface area (Å²) in [6.07, 6.45) is 3.36. The predicted octanol–water partition coefficient (Wildman–Crippen LogP) is 1.27. The molecule has 3 N–H and O–H groups in total. The molecule has 20 heavy (non-hydrogen) atoms. The molecule has 0 bridgehead atoms. The molecule has 1 aliphatic heterocycles. The van der Waals surface area contributed by atoms with Gasteiger partial charge in [-0.05, 0) is 38.8 Å². The van der Waals surface area contributed by atoms with Gasteiger partial charge in [0.15, 0.2) is 0 Å². The Labute approximate surface area is 120 Å². The van der Waals surface area contributed by atoms with E-state index in [-0.39, 0.29) is 18.6 Å². The van der Waals surface area contributed by atoms with E-state index in [4.69, 9.17) is 5.11 Å². The van der Waals surface area contributed by atoms with Gasteiger partial charge in [-0.15, -0.1) is 0 Å². The molecule has 0 aromatic rings. The van der Waals surface area contributed by atoms with Gasteiger partial charge >= 0.3 is 12.0 Å². The van der Waals surface area contributed by atoms with Gasteiger partial charge in [0, 0.05) is 19.1 Å². The van der Waals surface area contributed by atoms with Crippen molar-refractivity contribution < 1.29 is 14.7 Å². The van der Waals surface area contributed by atoms with Crippen LogP contribution in [0.15, 0.2) is 0 Å². The molecule has 0 spiro atoms. The van der Waals surface area contributed by atoms with E-state index in [0.29, 0.717) is 6.42 Å². The summed E-state index contributed by atoms with van der Waals surface area (Å²) in [5.74, 6) is -1.35. The quantitative estimate of drug-likeness (QED) is 0.658. The normalized spacial score (nSPS) is 17.5. The monoisotopic (exact) mass is 285 g/mol. The summed E-state index contributed by atoms with van der Waals surface area (Å²) in [4.78, 5) is 25.1. The van der Waals surface area contributed by atoms with Gasteiger partial charge in [-0.3, -0.25) is 4.79 Å². The van der Waals surface area contributed by atoms with Gasteiger partial charge in [-0.1, -0.05) is 13.8 Å². The van der Waals surface area contributed by atoms with Crippen molar-refractivity contribution in [1.29, 1.82) is 0 Å². The number of amides is 2. The number of urea groups is 1. The van der Waals surface area contributed by atoms with Gasteiger partial charge in [0.2, 0.25) is 0 Å². The molecule has 0 saturated carbocycles. The van der Waals surface area contributed by atoms with Crippen LogP contribution in [0.5, 0.6) is 0 Å². The molecule has 0 aromatic heterocycles. The van der Waals surface area contributed by atoms with Crippen molar-refractivity contribution in [2.45, 2.75) is 45.6 Å². The lowest BCUT2D eigenvalue weighted by Crippen LogP contribution is -2.51. The van der Waals surface area contributed by atoms with Crippen molar-refractivity contribution in [3.8, 4) is 0 Å². The van der Waals surface area contributed by atoms with Crippen LogP contribution in [0, 0.1) is 5.92 Å². The summed E-state index contributed by atoms with van der Waals surface area (Å²) in [6.45, 7) is 6.67. The number of aliphatic carboxylic acids is 1. The van der Waals surface area contributed by atoms with E-state index >= 15 is 0 Å². The number of carbonyl (C=O) groups excluding carboxylic acids is 1. The van der Waals surface area contributed by atoms with Crippen molar-refractivity contribution in [2.75, 3.05) is 26.2 Å². The van der Waals surface area contributed by atoms with Crippen molar-refractivity contribution >= 4 is 12.0 Å². The second-order valence-electron chi connectivity index (χ2n) is 5.30. The first kappa shape index (κ1) is 16.8. The number of carboxylic acids is 1. The largest absolute Gasteiger partial charge is 0.481 e. The molecular weight excluding hydrogens is 258 g/mol. The van der Waals surface area contributed by atoms with Crippen LogP contribution in [0.3, 0.4) is 0 Å². The maximum absolute atomic E-state index is 12.3. The Kier molecular flexibility index (Phi) is 7.36. The fraction of sp³-hybridized carbons (Fsp3) is 0.857. The Morgan fingerprint density at radius 1 is 1.35 bits per heavy atom. The molecule has 2 amide bonds. The van der Waals surface area contributed by atoms with E-state index in [1.807, 2.05) is 18.7 Å². The lowest BCUT2D eigenvalue weighted by molar-refractivity contribution is -0.141. The second-order valence-corrected chi connectivity index (χ2v) is 5.30. The maximum atomic E-state index is 12.3. The lowest BCUT2D eigenvalue weighted by Gasteiger charge is -2.34. The summed E-state index contributed by atoms with van der Waals surface area (Å²) < 4.78 is 0. The number of nitrogens with zero attached hydrogens (tertiary/aromatic N) is 1. The average Bonchev–Trinajstić information content (AvgIpc) is 2.45. The Bertz CT molecular complexity index is 317. The Balaban J connectivity index is 2.52. The molecule has 1 aliphatic rings.